The SMILES string of the molecule is COc1cc(C)ccc1C(=O)NNC(=S)S. The van der Waals surface area contributed by atoms with Crippen LogP contribution in [0.4, 0.5) is 0 Å². The molecule has 4 nitrogen and oxygen atoms in total. The molecule has 0 aromatic heterocycles. The maximum absolute atomic E-state index is 11.7. The lowest BCUT2D eigenvalue weighted by Gasteiger charge is -2.10. The summed E-state index contributed by atoms with van der Waals surface area (Å²) in [7, 11) is 1.52. The van der Waals surface area contributed by atoms with Crippen molar-refractivity contribution in [3.8, 4) is 5.75 Å². The van der Waals surface area contributed by atoms with Gasteiger partial charge in [-0.3, -0.25) is 15.6 Å². The maximum Gasteiger partial charge on any atom is 0.273 e. The summed E-state index contributed by atoms with van der Waals surface area (Å²) < 4.78 is 5.31. The van der Waals surface area contributed by atoms with Crippen LogP contribution < -0.4 is 15.6 Å². The Labute approximate surface area is 105 Å². The van der Waals surface area contributed by atoms with E-state index in [0.29, 0.717) is 11.3 Å². The van der Waals surface area contributed by atoms with Crippen LogP contribution in [0, 0.1) is 6.92 Å². The third-order valence-corrected chi connectivity index (χ3v) is 2.10. The lowest BCUT2D eigenvalue weighted by Crippen LogP contribution is -2.38. The number of benzene rings is 1. The summed E-state index contributed by atoms with van der Waals surface area (Å²) >= 11 is 8.48. The molecule has 6 heteroatoms. The predicted molar refractivity (Wildman–Crippen MR) is 69.9 cm³/mol. The van der Waals surface area contributed by atoms with E-state index in [0.717, 1.165) is 5.56 Å². The van der Waals surface area contributed by atoms with Crippen molar-refractivity contribution in [2.75, 3.05) is 7.11 Å². The van der Waals surface area contributed by atoms with Crippen molar-refractivity contribution >= 4 is 35.1 Å². The number of thiol groups is 1. The van der Waals surface area contributed by atoms with E-state index in [4.69, 9.17) is 4.74 Å². The summed E-state index contributed by atoms with van der Waals surface area (Å²) in [5, 5.41) is 0. The zero-order valence-corrected chi connectivity index (χ0v) is 10.6. The summed E-state index contributed by atoms with van der Waals surface area (Å²) in [6.45, 7) is 1.92. The number of hydrazine groups is 1. The van der Waals surface area contributed by atoms with Gasteiger partial charge in [0, 0.05) is 0 Å². The number of ether oxygens (including phenoxy) is 1. The molecule has 1 aromatic rings. The molecule has 0 fully saturated rings. The number of rotatable bonds is 2. The number of nitrogens with one attached hydrogen (secondary N) is 2. The Morgan fingerprint density at radius 3 is 2.69 bits per heavy atom. The van der Waals surface area contributed by atoms with E-state index in [-0.39, 0.29) is 10.2 Å². The van der Waals surface area contributed by atoms with Crippen LogP contribution in [0.3, 0.4) is 0 Å². The van der Waals surface area contributed by atoms with Gasteiger partial charge in [0.25, 0.3) is 5.91 Å². The van der Waals surface area contributed by atoms with Crippen molar-refractivity contribution in [2.45, 2.75) is 6.92 Å². The summed E-state index contributed by atoms with van der Waals surface area (Å²) in [4.78, 5) is 11.7. The number of thiocarbonyl (C=S) groups is 1. The number of hydrogen-bond donors (Lipinski definition) is 3. The molecule has 0 saturated heterocycles. The lowest BCUT2D eigenvalue weighted by atomic mass is 10.1. The Balaban J connectivity index is 2.86. The van der Waals surface area contributed by atoms with E-state index in [1.807, 2.05) is 13.0 Å². The molecule has 16 heavy (non-hydrogen) atoms. The topological polar surface area (TPSA) is 50.4 Å². The molecule has 0 atom stereocenters. The molecule has 0 saturated carbocycles. The Morgan fingerprint density at radius 1 is 1.44 bits per heavy atom. The van der Waals surface area contributed by atoms with Gasteiger partial charge in [-0.25, -0.2) is 0 Å². The molecule has 2 N–H and O–H groups in total. The second-order valence-electron chi connectivity index (χ2n) is 3.09. The Kier molecular flexibility index (Phi) is 4.57. The molecule has 0 bridgehead atoms. The molecular weight excluding hydrogens is 244 g/mol. The predicted octanol–water partition coefficient (Wildman–Crippen LogP) is 1.45. The smallest absolute Gasteiger partial charge is 0.273 e. The first kappa shape index (κ1) is 12.8. The third-order valence-electron chi connectivity index (χ3n) is 1.88. The summed E-state index contributed by atoms with van der Waals surface area (Å²) in [6, 6.07) is 5.30. The van der Waals surface area contributed by atoms with Crippen LogP contribution in [0.1, 0.15) is 15.9 Å². The molecular formula is C10H12N2O2S2. The van der Waals surface area contributed by atoms with Crippen molar-refractivity contribution in [1.82, 2.24) is 10.9 Å². The van der Waals surface area contributed by atoms with E-state index in [1.165, 1.54) is 7.11 Å². The van der Waals surface area contributed by atoms with Gasteiger partial charge >= 0.3 is 0 Å². The highest BCUT2D eigenvalue weighted by Gasteiger charge is 2.11. The largest absolute Gasteiger partial charge is 0.496 e. The van der Waals surface area contributed by atoms with Gasteiger partial charge in [0.15, 0.2) is 0 Å². The second-order valence-corrected chi connectivity index (χ2v) is 4.25. The number of carbonyl (C=O) groups excluding carboxylic acids is 1. The highest BCUT2D eigenvalue weighted by molar-refractivity contribution is 8.11. The first-order valence-corrected chi connectivity index (χ1v) is 5.34. The fourth-order valence-electron chi connectivity index (χ4n) is 1.16. The van der Waals surface area contributed by atoms with Gasteiger partial charge in [-0.1, -0.05) is 18.3 Å². The lowest BCUT2D eigenvalue weighted by molar-refractivity contribution is 0.0941. The van der Waals surface area contributed by atoms with Crippen molar-refractivity contribution in [3.63, 3.8) is 0 Å². The average molecular weight is 256 g/mol. The molecule has 0 heterocycles. The van der Waals surface area contributed by atoms with Gasteiger partial charge in [-0.05, 0) is 24.6 Å². The molecule has 0 aliphatic carbocycles. The molecule has 0 unspecified atom stereocenters. The van der Waals surface area contributed by atoms with Crippen LogP contribution in [0.15, 0.2) is 18.2 Å². The maximum atomic E-state index is 11.7. The van der Waals surface area contributed by atoms with E-state index >= 15 is 0 Å². The van der Waals surface area contributed by atoms with Crippen LogP contribution in [-0.2, 0) is 0 Å². The van der Waals surface area contributed by atoms with Gasteiger partial charge in [-0.2, -0.15) is 0 Å². The number of aryl methyl sites for hydroxylation is 1. The highest BCUT2D eigenvalue weighted by Crippen LogP contribution is 2.19. The number of hydrogen-bond acceptors (Lipinski definition) is 3. The first-order chi connectivity index (χ1) is 7.54. The zero-order chi connectivity index (χ0) is 12.1. The second kappa shape index (κ2) is 5.72. The average Bonchev–Trinajstić information content (AvgIpc) is 2.25. The fraction of sp³-hybridized carbons (Fsp3) is 0.200. The van der Waals surface area contributed by atoms with Gasteiger partial charge in [0.05, 0.1) is 12.7 Å². The van der Waals surface area contributed by atoms with Crippen LogP contribution in [0.2, 0.25) is 0 Å². The number of amides is 1. The van der Waals surface area contributed by atoms with E-state index < -0.39 is 0 Å². The number of carbonyl (C=O) groups is 1. The summed E-state index contributed by atoms with van der Waals surface area (Å²) in [5.41, 5.74) is 6.31. The minimum absolute atomic E-state index is 0.194. The van der Waals surface area contributed by atoms with Crippen LogP contribution >= 0.6 is 24.8 Å². The molecule has 0 spiro atoms. The molecule has 1 rings (SSSR count). The Hall–Kier alpha value is -1.27. The van der Waals surface area contributed by atoms with Crippen LogP contribution in [-0.4, -0.2) is 17.3 Å². The van der Waals surface area contributed by atoms with Gasteiger partial charge in [0.1, 0.15) is 10.1 Å². The van der Waals surface area contributed by atoms with Gasteiger partial charge in [0.2, 0.25) is 0 Å². The number of methoxy groups -OCH3 is 1. The molecule has 1 aromatic carbocycles. The first-order valence-electron chi connectivity index (χ1n) is 4.48. The highest BCUT2D eigenvalue weighted by atomic mass is 32.1. The molecule has 0 aliphatic rings. The Bertz CT molecular complexity index is 421. The van der Waals surface area contributed by atoms with Crippen molar-refractivity contribution in [2.24, 2.45) is 0 Å². The standard InChI is InChI=1S/C10H12N2O2S2/c1-6-3-4-7(8(5-6)14-2)9(13)11-12-10(15)16/h3-5H,1-2H3,(H,11,13)(H2,12,15,16). The van der Waals surface area contributed by atoms with Crippen molar-refractivity contribution in [3.05, 3.63) is 29.3 Å². The molecule has 1 amide bonds. The minimum atomic E-state index is -0.326. The zero-order valence-electron chi connectivity index (χ0n) is 8.90. The van der Waals surface area contributed by atoms with Crippen molar-refractivity contribution in [1.29, 1.82) is 0 Å². The quantitative estimate of drug-likeness (QED) is 0.426. The van der Waals surface area contributed by atoms with E-state index in [9.17, 15) is 4.79 Å². The van der Waals surface area contributed by atoms with E-state index in [2.05, 4.69) is 35.7 Å². The molecule has 0 radical (unpaired) electrons. The summed E-state index contributed by atoms with van der Waals surface area (Å²) in [5.74, 6) is 0.192. The monoisotopic (exact) mass is 256 g/mol. The fourth-order valence-corrected chi connectivity index (χ4v) is 1.27. The Morgan fingerprint density at radius 2 is 2.12 bits per heavy atom. The van der Waals surface area contributed by atoms with Gasteiger partial charge in [-0.15, -0.1) is 12.6 Å². The minimum Gasteiger partial charge on any atom is -0.496 e. The van der Waals surface area contributed by atoms with Crippen molar-refractivity contribution < 1.29 is 9.53 Å². The van der Waals surface area contributed by atoms with Crippen LogP contribution in [0.5, 0.6) is 5.75 Å². The molecule has 86 valence electrons. The normalized spacial score (nSPS) is 9.44. The van der Waals surface area contributed by atoms with Gasteiger partial charge < -0.3 is 4.74 Å². The van der Waals surface area contributed by atoms with Crippen LogP contribution in [0.25, 0.3) is 0 Å². The molecule has 0 aliphatic heterocycles. The third kappa shape index (κ3) is 3.39. The van der Waals surface area contributed by atoms with E-state index in [1.54, 1.807) is 12.1 Å². The summed E-state index contributed by atoms with van der Waals surface area (Å²) in [6.07, 6.45) is 0.